The number of piperidine rings is 1. The minimum absolute atomic E-state index is 0. The molecule has 2 aliphatic heterocycles. The summed E-state index contributed by atoms with van der Waals surface area (Å²) < 4.78 is 1.46. The highest BCUT2D eigenvalue weighted by Crippen LogP contribution is 2.26. The molecular weight excluding hydrogens is 278 g/mol. The molecule has 0 aromatic carbocycles. The number of fused-ring (bicyclic) bond motifs is 2. The van der Waals surface area contributed by atoms with E-state index in [1.807, 2.05) is 0 Å². The molecule has 1 amide bonds. The Balaban J connectivity index is 0.00000147. The first-order valence-electron chi connectivity index (χ1n) is 6.85. The van der Waals surface area contributed by atoms with Crippen molar-refractivity contribution in [3.05, 3.63) is 34.2 Å². The zero-order valence-electron chi connectivity index (χ0n) is 11.5. The molecular formula is C14H20ClN3O2. The molecule has 1 aromatic heterocycles. The molecule has 2 unspecified atom stereocenters. The van der Waals surface area contributed by atoms with E-state index in [0.29, 0.717) is 17.6 Å². The number of aryl methyl sites for hydroxylation is 1. The van der Waals surface area contributed by atoms with Crippen molar-refractivity contribution >= 4 is 18.3 Å². The lowest BCUT2D eigenvalue weighted by Crippen LogP contribution is -2.48. The van der Waals surface area contributed by atoms with E-state index in [4.69, 9.17) is 0 Å². The van der Waals surface area contributed by atoms with Crippen molar-refractivity contribution in [1.29, 1.82) is 0 Å². The first kappa shape index (κ1) is 15.1. The van der Waals surface area contributed by atoms with E-state index in [0.717, 1.165) is 12.8 Å². The molecule has 0 radical (unpaired) electrons. The van der Waals surface area contributed by atoms with Crippen LogP contribution in [0.2, 0.25) is 0 Å². The van der Waals surface area contributed by atoms with Crippen molar-refractivity contribution in [2.24, 2.45) is 7.05 Å². The second kappa shape index (κ2) is 5.97. The maximum absolute atomic E-state index is 12.1. The van der Waals surface area contributed by atoms with Gasteiger partial charge in [0.05, 0.1) is 0 Å². The van der Waals surface area contributed by atoms with Crippen molar-refractivity contribution in [1.82, 2.24) is 15.2 Å². The third-order valence-electron chi connectivity index (χ3n) is 4.17. The molecule has 2 atom stereocenters. The van der Waals surface area contributed by atoms with Crippen molar-refractivity contribution in [3.8, 4) is 0 Å². The number of hydrogen-bond donors (Lipinski definition) is 2. The van der Waals surface area contributed by atoms with E-state index in [1.165, 1.54) is 23.5 Å². The Bertz CT molecular complexity index is 546. The first-order valence-corrected chi connectivity index (χ1v) is 6.85. The van der Waals surface area contributed by atoms with Crippen LogP contribution in [0.3, 0.4) is 0 Å². The van der Waals surface area contributed by atoms with E-state index in [9.17, 15) is 9.59 Å². The number of amides is 1. The number of hydrogen-bond acceptors (Lipinski definition) is 3. The summed E-state index contributed by atoms with van der Waals surface area (Å²) in [6.45, 7) is 0. The van der Waals surface area contributed by atoms with Crippen LogP contribution in [0.4, 0.5) is 0 Å². The van der Waals surface area contributed by atoms with E-state index in [2.05, 4.69) is 10.6 Å². The molecule has 2 saturated heterocycles. The molecule has 0 aliphatic carbocycles. The van der Waals surface area contributed by atoms with E-state index in [-0.39, 0.29) is 29.9 Å². The summed E-state index contributed by atoms with van der Waals surface area (Å²) in [5.74, 6) is -0.135. The number of halogens is 1. The van der Waals surface area contributed by atoms with Crippen LogP contribution < -0.4 is 16.2 Å². The van der Waals surface area contributed by atoms with Crippen LogP contribution in [0, 0.1) is 0 Å². The predicted octanol–water partition coefficient (Wildman–Crippen LogP) is 0.820. The van der Waals surface area contributed by atoms with Gasteiger partial charge in [0.1, 0.15) is 0 Å². The molecule has 3 rings (SSSR count). The largest absolute Gasteiger partial charge is 0.349 e. The molecule has 3 heterocycles. The average Bonchev–Trinajstić information content (AvgIpc) is 2.72. The topological polar surface area (TPSA) is 63.1 Å². The first-order chi connectivity index (χ1) is 9.11. The molecule has 0 spiro atoms. The Labute approximate surface area is 124 Å². The van der Waals surface area contributed by atoms with Gasteiger partial charge in [-0.05, 0) is 31.7 Å². The lowest BCUT2D eigenvalue weighted by Gasteiger charge is -2.29. The van der Waals surface area contributed by atoms with Gasteiger partial charge in [0.25, 0.3) is 11.5 Å². The summed E-state index contributed by atoms with van der Waals surface area (Å²) in [6.07, 6.45) is 6.04. The number of carbonyl (C=O) groups excluding carboxylic acids is 1. The predicted molar refractivity (Wildman–Crippen MR) is 79.4 cm³/mol. The lowest BCUT2D eigenvalue weighted by molar-refractivity contribution is 0.0923. The summed E-state index contributed by atoms with van der Waals surface area (Å²) in [5.41, 5.74) is 0.298. The van der Waals surface area contributed by atoms with Gasteiger partial charge >= 0.3 is 0 Å². The molecule has 2 bridgehead atoms. The van der Waals surface area contributed by atoms with Gasteiger partial charge in [-0.25, -0.2) is 0 Å². The van der Waals surface area contributed by atoms with Crippen molar-refractivity contribution in [2.75, 3.05) is 0 Å². The quantitative estimate of drug-likeness (QED) is 0.849. The molecule has 6 heteroatoms. The van der Waals surface area contributed by atoms with Gasteiger partial charge in [-0.2, -0.15) is 0 Å². The molecule has 0 saturated carbocycles. The Morgan fingerprint density at radius 2 is 2.00 bits per heavy atom. The van der Waals surface area contributed by atoms with Gasteiger partial charge < -0.3 is 15.2 Å². The van der Waals surface area contributed by atoms with Gasteiger partial charge in [0.2, 0.25) is 0 Å². The van der Waals surface area contributed by atoms with Crippen LogP contribution in [0.25, 0.3) is 0 Å². The summed E-state index contributed by atoms with van der Waals surface area (Å²) >= 11 is 0. The van der Waals surface area contributed by atoms with Gasteiger partial charge in [-0.1, -0.05) is 0 Å². The zero-order valence-corrected chi connectivity index (χ0v) is 12.3. The van der Waals surface area contributed by atoms with Crippen LogP contribution in [0.5, 0.6) is 0 Å². The molecule has 2 aliphatic rings. The number of nitrogens with one attached hydrogen (secondary N) is 2. The maximum Gasteiger partial charge on any atom is 0.251 e. The van der Waals surface area contributed by atoms with Crippen LogP contribution in [-0.4, -0.2) is 28.6 Å². The van der Waals surface area contributed by atoms with Crippen LogP contribution in [-0.2, 0) is 7.05 Å². The van der Waals surface area contributed by atoms with Crippen LogP contribution in [0.1, 0.15) is 36.0 Å². The minimum atomic E-state index is -0.155. The minimum Gasteiger partial charge on any atom is -0.349 e. The highest BCUT2D eigenvalue weighted by Gasteiger charge is 2.34. The molecule has 110 valence electrons. The second-order valence-corrected chi connectivity index (χ2v) is 5.64. The standard InChI is InChI=1S/C14H19N3O2.ClH/c1-17-5-4-9(6-13(17)18)14(19)16-12-7-10-2-3-11(8-12)15-10;/h4-6,10-12,15H,2-3,7-8H2,1H3,(H,16,19);1H. The molecule has 1 aromatic rings. The highest BCUT2D eigenvalue weighted by molar-refractivity contribution is 5.94. The van der Waals surface area contributed by atoms with Gasteiger partial charge in [0.15, 0.2) is 0 Å². The van der Waals surface area contributed by atoms with Gasteiger partial charge in [-0.3, -0.25) is 9.59 Å². The smallest absolute Gasteiger partial charge is 0.251 e. The number of pyridine rings is 1. The summed E-state index contributed by atoms with van der Waals surface area (Å²) in [5, 5.41) is 6.60. The number of rotatable bonds is 2. The molecule has 2 N–H and O–H groups in total. The average molecular weight is 298 g/mol. The molecule has 2 fully saturated rings. The zero-order chi connectivity index (χ0) is 13.4. The monoisotopic (exact) mass is 297 g/mol. The van der Waals surface area contributed by atoms with Crippen molar-refractivity contribution in [2.45, 2.75) is 43.8 Å². The summed E-state index contributed by atoms with van der Waals surface area (Å²) in [4.78, 5) is 23.7. The SMILES string of the molecule is Cl.Cn1ccc(C(=O)NC2CC3CCC(C2)N3)cc1=O. The third-order valence-corrected chi connectivity index (χ3v) is 4.17. The normalized spacial score (nSPS) is 27.8. The van der Waals surface area contributed by atoms with E-state index < -0.39 is 0 Å². The third kappa shape index (κ3) is 3.04. The summed E-state index contributed by atoms with van der Waals surface area (Å²) in [6, 6.07) is 4.41. The Kier molecular flexibility index (Phi) is 4.50. The molecule has 20 heavy (non-hydrogen) atoms. The van der Waals surface area contributed by atoms with Crippen LogP contribution >= 0.6 is 12.4 Å². The maximum atomic E-state index is 12.1. The van der Waals surface area contributed by atoms with Crippen LogP contribution in [0.15, 0.2) is 23.1 Å². The fourth-order valence-electron chi connectivity index (χ4n) is 3.13. The van der Waals surface area contributed by atoms with Crippen molar-refractivity contribution in [3.63, 3.8) is 0 Å². The number of carbonyl (C=O) groups is 1. The fraction of sp³-hybridized carbons (Fsp3) is 0.571. The lowest BCUT2D eigenvalue weighted by atomic mass is 9.99. The van der Waals surface area contributed by atoms with Crippen molar-refractivity contribution < 1.29 is 4.79 Å². The highest BCUT2D eigenvalue weighted by atomic mass is 35.5. The Morgan fingerprint density at radius 1 is 1.35 bits per heavy atom. The second-order valence-electron chi connectivity index (χ2n) is 5.64. The van der Waals surface area contributed by atoms with Gasteiger partial charge in [-0.15, -0.1) is 12.4 Å². The fourth-order valence-corrected chi connectivity index (χ4v) is 3.13. The number of aromatic nitrogens is 1. The van der Waals surface area contributed by atoms with E-state index >= 15 is 0 Å². The van der Waals surface area contributed by atoms with E-state index in [1.54, 1.807) is 19.3 Å². The summed E-state index contributed by atoms with van der Waals surface area (Å²) in [7, 11) is 1.68. The molecule has 5 nitrogen and oxygen atoms in total. The number of nitrogens with zero attached hydrogens (tertiary/aromatic N) is 1. The van der Waals surface area contributed by atoms with Gasteiger partial charge in [0, 0.05) is 43.0 Å². The Hall–Kier alpha value is -1.33. The Morgan fingerprint density at radius 3 is 2.60 bits per heavy atom.